The molecule has 430 valence electrons. The molecule has 4 fully saturated rings. The maximum Gasteiger partial charge on any atom is 0.407 e. The minimum atomic E-state index is -3.68. The lowest BCUT2D eigenvalue weighted by molar-refractivity contribution is -0.0985. The van der Waals surface area contributed by atoms with Gasteiger partial charge >= 0.3 is 12.2 Å². The van der Waals surface area contributed by atoms with E-state index in [1.54, 1.807) is 61.8 Å². The Hall–Kier alpha value is -3.62. The van der Waals surface area contributed by atoms with Gasteiger partial charge in [0.1, 0.15) is 0 Å². The summed E-state index contributed by atoms with van der Waals surface area (Å²) in [6.07, 6.45) is 10.4. The van der Waals surface area contributed by atoms with Crippen LogP contribution in [-0.4, -0.2) is 116 Å². The molecule has 2 aromatic heterocycles. The van der Waals surface area contributed by atoms with Gasteiger partial charge in [-0.3, -0.25) is 0 Å². The number of alkyl carbamates (subject to hydrolysis) is 2. The highest BCUT2D eigenvalue weighted by Crippen LogP contribution is 2.40. The lowest BCUT2D eigenvalue weighted by atomic mass is 9.86. The number of nitrogens with zero attached hydrogens (tertiary/aromatic N) is 2. The summed E-state index contributed by atoms with van der Waals surface area (Å²) >= 11 is 6.70. The molecule has 2 aromatic carbocycles. The quantitative estimate of drug-likeness (QED) is 0.0608. The number of ether oxygens (including phenoxy) is 6. The van der Waals surface area contributed by atoms with Gasteiger partial charge in [0.2, 0.25) is 20.0 Å². The van der Waals surface area contributed by atoms with Crippen LogP contribution in [-0.2, 0) is 61.7 Å². The first-order valence-corrected chi connectivity index (χ1v) is 31.8. The second kappa shape index (κ2) is 31.4. The fourth-order valence-corrected chi connectivity index (χ4v) is 14.0. The SMILES string of the molecule is C.CCNS(=O)(=O)c1cc(COCC(C)C)ccc1-c1cnc(C2CCC(NC(=O)OC3COC3)CC2)s1.CCNS(=O)(=O)c1cc(COCC(C)C)ccc1C.O=C(NC1CCC(c2ncc(Br)s2)CC1)OC1COC1. The third-order valence-electron chi connectivity index (χ3n) is 12.8. The molecule has 0 unspecified atom stereocenters. The van der Waals surface area contributed by atoms with Gasteiger partial charge in [-0.2, -0.15) is 0 Å². The van der Waals surface area contributed by atoms with Crippen molar-refractivity contribution in [1.82, 2.24) is 30.0 Å². The molecule has 2 saturated heterocycles. The van der Waals surface area contributed by atoms with Gasteiger partial charge in [0.25, 0.3) is 0 Å². The lowest BCUT2D eigenvalue weighted by Gasteiger charge is -2.30. The number of benzene rings is 2. The third kappa shape index (κ3) is 20.5. The van der Waals surface area contributed by atoms with E-state index in [9.17, 15) is 26.4 Å². The first-order valence-electron chi connectivity index (χ1n) is 26.4. The number of thiazole rings is 2. The summed E-state index contributed by atoms with van der Waals surface area (Å²) in [5.74, 6) is 1.68. The minimum Gasteiger partial charge on any atom is -0.441 e. The summed E-state index contributed by atoms with van der Waals surface area (Å²) in [6, 6.07) is 11.2. The van der Waals surface area contributed by atoms with Crippen LogP contribution in [0.25, 0.3) is 10.4 Å². The summed E-state index contributed by atoms with van der Waals surface area (Å²) in [5, 5.41) is 8.12. The lowest BCUT2D eigenvalue weighted by Crippen LogP contribution is -2.44. The van der Waals surface area contributed by atoms with Crippen molar-refractivity contribution in [2.24, 2.45) is 11.8 Å². The van der Waals surface area contributed by atoms with Crippen LogP contribution in [0, 0.1) is 18.8 Å². The van der Waals surface area contributed by atoms with Crippen LogP contribution in [0.1, 0.15) is 139 Å². The smallest absolute Gasteiger partial charge is 0.407 e. The maximum atomic E-state index is 13.1. The predicted molar refractivity (Wildman–Crippen MR) is 304 cm³/mol. The standard InChI is InChI=1S/C26H37N3O6S2.C14H23NO3S.C13H17BrN2O3S.CH4/c1-4-28-37(31,32)24-11-18(14-33-13-17(2)3)5-10-22(24)23-12-27-25(36-23)19-6-8-20(9-7-19)29-26(30)35-21-15-34-16-21;1-5-15-19(16,17)14-8-13(7-6-12(14)4)10-18-9-11(2)3;14-11-5-15-12(20-11)8-1-3-9(4-2-8)16-13(17)19-10-6-18-7-10;/h5,10-12,17,19-21,28H,4,6-9,13-16H2,1-3H3,(H,29,30);6-8,11,15H,5,9-10H2,1-4H3;5,8-10H,1-4,6-7H2,(H,16,17);1H4. The molecule has 4 aromatic rings. The van der Waals surface area contributed by atoms with Crippen LogP contribution in [0.3, 0.4) is 0 Å². The molecule has 0 radical (unpaired) electrons. The molecule has 2 amide bonds. The highest BCUT2D eigenvalue weighted by molar-refractivity contribution is 9.11. The van der Waals surface area contributed by atoms with E-state index in [4.69, 9.17) is 28.4 Å². The van der Waals surface area contributed by atoms with E-state index in [-0.39, 0.29) is 54.7 Å². The molecule has 2 aliphatic carbocycles. The van der Waals surface area contributed by atoms with Crippen molar-refractivity contribution >= 4 is 70.8 Å². The number of hydrogen-bond acceptors (Lipinski definition) is 16. The average molecular weight is 1210 g/mol. The van der Waals surface area contributed by atoms with Crippen LogP contribution >= 0.6 is 38.6 Å². The molecular formula is C54H81BrN6O12S4. The first kappa shape index (κ1) is 64.2. The van der Waals surface area contributed by atoms with Crippen molar-refractivity contribution in [3.8, 4) is 10.4 Å². The van der Waals surface area contributed by atoms with Crippen molar-refractivity contribution < 1.29 is 54.8 Å². The van der Waals surface area contributed by atoms with Crippen LogP contribution < -0.4 is 20.1 Å². The van der Waals surface area contributed by atoms with Crippen molar-refractivity contribution in [3.05, 3.63) is 79.3 Å². The monoisotopic (exact) mass is 1210 g/mol. The first-order chi connectivity index (χ1) is 36.3. The molecule has 4 heterocycles. The van der Waals surface area contributed by atoms with Gasteiger partial charge in [-0.25, -0.2) is 45.8 Å². The van der Waals surface area contributed by atoms with Crippen molar-refractivity contribution in [3.63, 3.8) is 0 Å². The molecule has 2 aliphatic heterocycles. The average Bonchev–Trinajstić information content (AvgIpc) is 4.02. The zero-order chi connectivity index (χ0) is 54.8. The Morgan fingerprint density at radius 2 is 1.10 bits per heavy atom. The molecule has 18 nitrogen and oxygen atoms in total. The van der Waals surface area contributed by atoms with E-state index < -0.39 is 20.0 Å². The molecule has 0 atom stereocenters. The van der Waals surface area contributed by atoms with Gasteiger partial charge in [-0.05, 0) is 115 Å². The van der Waals surface area contributed by atoms with E-state index in [0.717, 1.165) is 81.7 Å². The van der Waals surface area contributed by atoms with Crippen molar-refractivity contribution in [2.75, 3.05) is 52.7 Å². The zero-order valence-corrected chi connectivity index (χ0v) is 49.6. The highest BCUT2D eigenvalue weighted by Gasteiger charge is 2.31. The number of aromatic nitrogens is 2. The van der Waals surface area contributed by atoms with Gasteiger partial charge in [0.05, 0.1) is 74.3 Å². The Labute approximate surface area is 473 Å². The summed E-state index contributed by atoms with van der Waals surface area (Å²) in [7, 11) is -7.09. The summed E-state index contributed by atoms with van der Waals surface area (Å²) in [5.41, 5.74) is 3.09. The number of hydrogen-bond donors (Lipinski definition) is 4. The zero-order valence-electron chi connectivity index (χ0n) is 44.8. The predicted octanol–water partition coefficient (Wildman–Crippen LogP) is 10.6. The highest BCUT2D eigenvalue weighted by atomic mass is 79.9. The van der Waals surface area contributed by atoms with E-state index in [1.807, 2.05) is 30.5 Å². The number of carbonyl (C=O) groups is 2. The third-order valence-corrected chi connectivity index (χ3v) is 18.9. The van der Waals surface area contributed by atoms with Gasteiger partial charge < -0.3 is 39.1 Å². The molecule has 4 aliphatic rings. The Kier molecular flexibility index (Phi) is 26.2. The topological polar surface area (TPSA) is 232 Å². The number of amides is 2. The molecule has 8 rings (SSSR count). The van der Waals surface area contributed by atoms with E-state index >= 15 is 0 Å². The summed E-state index contributed by atoms with van der Waals surface area (Å²) < 4.78 is 88.2. The van der Waals surface area contributed by atoms with Gasteiger partial charge in [-0.1, -0.05) is 73.2 Å². The van der Waals surface area contributed by atoms with Crippen molar-refractivity contribution in [1.29, 1.82) is 0 Å². The second-order valence-corrected chi connectivity index (χ2v) is 27.3. The van der Waals surface area contributed by atoms with Crippen LogP contribution in [0.15, 0.2) is 62.4 Å². The number of halogens is 1. The van der Waals surface area contributed by atoms with Crippen LogP contribution in [0.5, 0.6) is 0 Å². The fourth-order valence-electron chi connectivity index (χ4n) is 8.76. The molecule has 77 heavy (non-hydrogen) atoms. The molecule has 23 heteroatoms. The second-order valence-electron chi connectivity index (χ2n) is 20.3. The fraction of sp³-hybridized carbons (Fsp3) is 0.630. The Morgan fingerprint density at radius 1 is 0.662 bits per heavy atom. The number of rotatable bonds is 21. The van der Waals surface area contributed by atoms with E-state index in [1.165, 1.54) is 5.01 Å². The van der Waals surface area contributed by atoms with Gasteiger partial charge in [0, 0.05) is 62.0 Å². The van der Waals surface area contributed by atoms with Gasteiger partial charge in [-0.15, -0.1) is 22.7 Å². The van der Waals surface area contributed by atoms with Crippen molar-refractivity contribution in [2.45, 2.75) is 166 Å². The Morgan fingerprint density at radius 3 is 1.53 bits per heavy atom. The number of nitrogens with one attached hydrogen (secondary N) is 4. The Bertz CT molecular complexity index is 2680. The van der Waals surface area contributed by atoms with Gasteiger partial charge in [0.15, 0.2) is 12.2 Å². The molecule has 2 saturated carbocycles. The largest absolute Gasteiger partial charge is 0.441 e. The summed E-state index contributed by atoms with van der Waals surface area (Å²) in [4.78, 5) is 34.2. The van der Waals surface area contributed by atoms with Crippen LogP contribution in [0.4, 0.5) is 9.59 Å². The molecule has 0 spiro atoms. The maximum absolute atomic E-state index is 13.1. The van der Waals surface area contributed by atoms with E-state index in [0.29, 0.717) is 94.2 Å². The minimum absolute atomic E-state index is 0. The number of sulfonamides is 2. The molecule has 0 bridgehead atoms. The van der Waals surface area contributed by atoms with Crippen LogP contribution in [0.2, 0.25) is 0 Å². The normalized spacial score (nSPS) is 19.8. The molecular weight excluding hydrogens is 1130 g/mol. The number of carbonyl (C=O) groups excluding carboxylic acids is 2. The van der Waals surface area contributed by atoms with E-state index in [2.05, 4.69) is 73.7 Å². The summed E-state index contributed by atoms with van der Waals surface area (Å²) in [6.45, 7) is 18.4. The Balaban J connectivity index is 0.000000231. The molecule has 4 N–H and O–H groups in total. The number of aryl methyl sites for hydroxylation is 1.